The minimum Gasteiger partial charge on any atom is -0.494 e. The van der Waals surface area contributed by atoms with Crippen LogP contribution in [0.4, 0.5) is 5.13 Å². The quantitative estimate of drug-likeness (QED) is 0.459. The van der Waals surface area contributed by atoms with Crippen LogP contribution in [0.2, 0.25) is 5.02 Å². The number of anilines is 1. The Morgan fingerprint density at radius 3 is 2.48 bits per heavy atom. The third-order valence-electron chi connectivity index (χ3n) is 4.23. The molecule has 1 aromatic heterocycles. The molecule has 0 aliphatic rings. The molecule has 0 radical (unpaired) electrons. The first-order valence-electron chi connectivity index (χ1n) is 9.24. The maximum atomic E-state index is 13.3. The number of carbonyl (C=O) groups excluding carboxylic acids is 1. The van der Waals surface area contributed by atoms with Crippen molar-refractivity contribution in [2.75, 3.05) is 38.7 Å². The minimum absolute atomic E-state index is 0. The first-order valence-corrected chi connectivity index (χ1v) is 10.4. The summed E-state index contributed by atoms with van der Waals surface area (Å²) in [5, 5.41) is 1.27. The van der Waals surface area contributed by atoms with Crippen molar-refractivity contribution in [3.8, 4) is 5.75 Å². The van der Waals surface area contributed by atoms with Crippen LogP contribution in [0.5, 0.6) is 5.75 Å². The lowest BCUT2D eigenvalue weighted by atomic mass is 10.2. The molecule has 0 spiro atoms. The van der Waals surface area contributed by atoms with Crippen LogP contribution in [0.15, 0.2) is 42.5 Å². The molecule has 0 bridgehead atoms. The van der Waals surface area contributed by atoms with Crippen LogP contribution in [0.1, 0.15) is 23.7 Å². The van der Waals surface area contributed by atoms with Gasteiger partial charge in [0.1, 0.15) is 11.3 Å². The van der Waals surface area contributed by atoms with E-state index in [-0.39, 0.29) is 18.3 Å². The summed E-state index contributed by atoms with van der Waals surface area (Å²) in [6, 6.07) is 12.9. The van der Waals surface area contributed by atoms with E-state index in [4.69, 9.17) is 16.3 Å². The molecule has 0 N–H and O–H groups in total. The van der Waals surface area contributed by atoms with Gasteiger partial charge < -0.3 is 9.64 Å². The van der Waals surface area contributed by atoms with Crippen LogP contribution in [0.3, 0.4) is 0 Å². The van der Waals surface area contributed by atoms with Crippen molar-refractivity contribution >= 4 is 56.6 Å². The van der Waals surface area contributed by atoms with Crippen molar-refractivity contribution in [2.45, 2.75) is 13.3 Å². The Kier molecular flexibility index (Phi) is 8.71. The molecule has 0 aliphatic carbocycles. The first kappa shape index (κ1) is 23.4. The summed E-state index contributed by atoms with van der Waals surface area (Å²) in [7, 11) is 4.05. The van der Waals surface area contributed by atoms with E-state index in [1.807, 2.05) is 51.4 Å². The van der Waals surface area contributed by atoms with Gasteiger partial charge in [0.05, 0.1) is 16.3 Å². The van der Waals surface area contributed by atoms with E-state index in [1.54, 1.807) is 17.0 Å². The van der Waals surface area contributed by atoms with E-state index in [2.05, 4.69) is 9.88 Å². The molecule has 0 atom stereocenters. The highest BCUT2D eigenvalue weighted by Crippen LogP contribution is 2.33. The lowest BCUT2D eigenvalue weighted by Gasteiger charge is -2.21. The van der Waals surface area contributed by atoms with E-state index in [9.17, 15) is 4.79 Å². The van der Waals surface area contributed by atoms with E-state index < -0.39 is 0 Å². The number of aromatic nitrogens is 1. The molecule has 5 nitrogen and oxygen atoms in total. The van der Waals surface area contributed by atoms with Crippen molar-refractivity contribution in [3.63, 3.8) is 0 Å². The minimum atomic E-state index is -0.0722. The van der Waals surface area contributed by atoms with Gasteiger partial charge in [-0.2, -0.15) is 0 Å². The topological polar surface area (TPSA) is 45.7 Å². The SMILES string of the molecule is CCOc1ccc(C(=O)N(CCCN(C)C)c2nc3c(Cl)cccc3s2)cc1.Cl. The van der Waals surface area contributed by atoms with Crippen LogP contribution in [-0.2, 0) is 0 Å². The van der Waals surface area contributed by atoms with Gasteiger partial charge in [-0.1, -0.05) is 29.0 Å². The average Bonchev–Trinajstić information content (AvgIpc) is 3.11. The highest BCUT2D eigenvalue weighted by molar-refractivity contribution is 7.22. The number of rotatable bonds is 8. The molecule has 1 heterocycles. The molecule has 0 aliphatic heterocycles. The molecule has 29 heavy (non-hydrogen) atoms. The fourth-order valence-corrected chi connectivity index (χ4v) is 4.15. The van der Waals surface area contributed by atoms with Gasteiger partial charge >= 0.3 is 0 Å². The van der Waals surface area contributed by atoms with Crippen LogP contribution in [-0.4, -0.2) is 49.6 Å². The zero-order valence-corrected chi connectivity index (χ0v) is 19.1. The summed E-state index contributed by atoms with van der Waals surface area (Å²) >= 11 is 7.77. The number of nitrogens with zero attached hydrogens (tertiary/aromatic N) is 3. The second-order valence-electron chi connectivity index (χ2n) is 6.65. The van der Waals surface area contributed by atoms with Gasteiger partial charge in [-0.25, -0.2) is 4.98 Å². The molecule has 8 heteroatoms. The lowest BCUT2D eigenvalue weighted by Crippen LogP contribution is -2.33. The second kappa shape index (κ2) is 10.8. The zero-order chi connectivity index (χ0) is 20.1. The molecule has 0 saturated heterocycles. The van der Waals surface area contributed by atoms with Crippen molar-refractivity contribution in [3.05, 3.63) is 53.1 Å². The smallest absolute Gasteiger partial charge is 0.260 e. The van der Waals surface area contributed by atoms with Gasteiger partial charge in [0.15, 0.2) is 5.13 Å². The second-order valence-corrected chi connectivity index (χ2v) is 8.07. The van der Waals surface area contributed by atoms with Crippen LogP contribution in [0, 0.1) is 0 Å². The number of fused-ring (bicyclic) bond motifs is 1. The Balaban J connectivity index is 0.00000300. The molecular formula is C21H25Cl2N3O2S. The number of amides is 1. The number of thiazole rings is 1. The fourth-order valence-electron chi connectivity index (χ4n) is 2.86. The third kappa shape index (κ3) is 5.82. The van der Waals surface area contributed by atoms with E-state index in [0.717, 1.165) is 28.9 Å². The molecule has 2 aromatic carbocycles. The van der Waals surface area contributed by atoms with Crippen molar-refractivity contribution in [2.24, 2.45) is 0 Å². The van der Waals surface area contributed by atoms with Gasteiger partial charge in [-0.15, -0.1) is 12.4 Å². The Labute approximate surface area is 186 Å². The summed E-state index contributed by atoms with van der Waals surface area (Å²) in [5.74, 6) is 0.682. The number of carbonyl (C=O) groups is 1. The summed E-state index contributed by atoms with van der Waals surface area (Å²) in [5.41, 5.74) is 1.35. The third-order valence-corrected chi connectivity index (χ3v) is 5.58. The molecule has 0 fully saturated rings. The molecule has 0 saturated carbocycles. The Hall–Kier alpha value is -1.86. The lowest BCUT2D eigenvalue weighted by molar-refractivity contribution is 0.0986. The van der Waals surface area contributed by atoms with Crippen LogP contribution < -0.4 is 9.64 Å². The highest BCUT2D eigenvalue weighted by atomic mass is 35.5. The largest absolute Gasteiger partial charge is 0.494 e. The number of para-hydroxylation sites is 1. The van der Waals surface area contributed by atoms with Gasteiger partial charge in [0.25, 0.3) is 5.91 Å². The molecule has 3 rings (SSSR count). The normalized spacial score (nSPS) is 10.8. The average molecular weight is 454 g/mol. The number of ether oxygens (including phenoxy) is 1. The number of halogens is 2. The highest BCUT2D eigenvalue weighted by Gasteiger charge is 2.22. The van der Waals surface area contributed by atoms with E-state index in [1.165, 1.54) is 11.3 Å². The summed E-state index contributed by atoms with van der Waals surface area (Å²) in [6.45, 7) is 4.00. The van der Waals surface area contributed by atoms with Crippen molar-refractivity contribution in [1.82, 2.24) is 9.88 Å². The maximum absolute atomic E-state index is 13.3. The number of hydrogen-bond acceptors (Lipinski definition) is 5. The molecule has 156 valence electrons. The molecule has 0 unspecified atom stereocenters. The Bertz CT molecular complexity index is 945. The van der Waals surface area contributed by atoms with Crippen LogP contribution in [0.25, 0.3) is 10.2 Å². The molecule has 3 aromatic rings. The van der Waals surface area contributed by atoms with Gasteiger partial charge in [0.2, 0.25) is 0 Å². The van der Waals surface area contributed by atoms with Crippen LogP contribution >= 0.6 is 35.3 Å². The van der Waals surface area contributed by atoms with Gasteiger partial charge in [0, 0.05) is 12.1 Å². The zero-order valence-electron chi connectivity index (χ0n) is 16.7. The summed E-state index contributed by atoms with van der Waals surface area (Å²) < 4.78 is 6.45. The summed E-state index contributed by atoms with van der Waals surface area (Å²) in [4.78, 5) is 21.8. The standard InChI is InChI=1S/C21H24ClN3O2S.ClH/c1-4-27-16-11-9-15(10-12-16)20(26)25(14-6-13-24(2)3)21-23-19-17(22)7-5-8-18(19)28-21;/h5,7-12H,4,6,13-14H2,1-3H3;1H. The fraction of sp³-hybridized carbons (Fsp3) is 0.333. The predicted molar refractivity (Wildman–Crippen MR) is 124 cm³/mol. The molecule has 1 amide bonds. The number of benzene rings is 2. The van der Waals surface area contributed by atoms with E-state index >= 15 is 0 Å². The monoisotopic (exact) mass is 453 g/mol. The Morgan fingerprint density at radius 1 is 1.14 bits per heavy atom. The van der Waals surface area contributed by atoms with Crippen molar-refractivity contribution < 1.29 is 9.53 Å². The molecular weight excluding hydrogens is 429 g/mol. The van der Waals surface area contributed by atoms with Gasteiger partial charge in [-0.05, 0) is 70.4 Å². The summed E-state index contributed by atoms with van der Waals surface area (Å²) in [6.07, 6.45) is 0.847. The maximum Gasteiger partial charge on any atom is 0.260 e. The van der Waals surface area contributed by atoms with E-state index in [0.29, 0.717) is 28.9 Å². The number of hydrogen-bond donors (Lipinski definition) is 0. The Morgan fingerprint density at radius 2 is 1.86 bits per heavy atom. The predicted octanol–water partition coefficient (Wildman–Crippen LogP) is 5.37. The van der Waals surface area contributed by atoms with Crippen molar-refractivity contribution in [1.29, 1.82) is 0 Å². The van der Waals surface area contributed by atoms with Gasteiger partial charge in [-0.3, -0.25) is 9.69 Å². The first-order chi connectivity index (χ1) is 13.5.